The summed E-state index contributed by atoms with van der Waals surface area (Å²) in [5.74, 6) is -1.05. The van der Waals surface area contributed by atoms with Crippen molar-refractivity contribution in [2.24, 2.45) is 0 Å². The summed E-state index contributed by atoms with van der Waals surface area (Å²) in [7, 11) is 0. The number of carbonyl (C=O) groups is 1. The molecule has 0 bridgehead atoms. The molecule has 0 spiro atoms. The first-order valence-corrected chi connectivity index (χ1v) is 12.2. The number of fused-ring (bicyclic) bond motifs is 1. The molecule has 0 radical (unpaired) electrons. The molecule has 0 aliphatic carbocycles. The van der Waals surface area contributed by atoms with Crippen LogP contribution in [0, 0.1) is 5.82 Å². The molecule has 3 aromatic carbocycles. The lowest BCUT2D eigenvalue weighted by atomic mass is 10.0. The van der Waals surface area contributed by atoms with Crippen molar-refractivity contribution in [1.29, 1.82) is 0 Å². The molecule has 1 saturated heterocycles. The minimum atomic E-state index is -0.787. The minimum absolute atomic E-state index is 0.0880. The zero-order valence-electron chi connectivity index (χ0n) is 19.6. The van der Waals surface area contributed by atoms with Crippen LogP contribution in [0.1, 0.15) is 5.56 Å². The SMILES string of the molecule is O=C(O)CN1CCN(c2ccc(-c3ccc4ncc(Cl)c(NCc5ccccc5F)c4c3)cc2)CC1. The number of halogens is 2. The van der Waals surface area contributed by atoms with Gasteiger partial charge in [-0.25, -0.2) is 4.39 Å². The van der Waals surface area contributed by atoms with E-state index in [9.17, 15) is 9.18 Å². The number of anilines is 2. The fraction of sp³-hybridized carbons (Fsp3) is 0.214. The molecule has 1 aromatic heterocycles. The van der Waals surface area contributed by atoms with Gasteiger partial charge in [-0.2, -0.15) is 0 Å². The lowest BCUT2D eigenvalue weighted by Crippen LogP contribution is -2.47. The number of aliphatic carboxylic acids is 1. The van der Waals surface area contributed by atoms with Crippen molar-refractivity contribution in [3.63, 3.8) is 0 Å². The third-order valence-corrected chi connectivity index (χ3v) is 6.82. The molecule has 1 aliphatic heterocycles. The smallest absolute Gasteiger partial charge is 0.317 e. The van der Waals surface area contributed by atoms with Crippen LogP contribution in [0.3, 0.4) is 0 Å². The predicted octanol–water partition coefficient (Wildman–Crippen LogP) is 5.51. The standard InChI is InChI=1S/C28H26ClFN4O2/c29-24-17-31-26-10-7-20(15-23(26)28(24)32-16-21-3-1-2-4-25(21)30)19-5-8-22(9-6-19)34-13-11-33(12-14-34)18-27(35)36/h1-10,15,17H,11-14,16,18H2,(H,31,32)(H,35,36). The monoisotopic (exact) mass is 504 g/mol. The van der Waals surface area contributed by atoms with Gasteiger partial charge in [0.05, 0.1) is 22.8 Å². The predicted molar refractivity (Wildman–Crippen MR) is 142 cm³/mol. The van der Waals surface area contributed by atoms with E-state index < -0.39 is 5.97 Å². The summed E-state index contributed by atoms with van der Waals surface area (Å²) in [5.41, 5.74) is 5.29. The van der Waals surface area contributed by atoms with E-state index in [1.165, 1.54) is 6.07 Å². The normalized spacial score (nSPS) is 14.2. The highest BCUT2D eigenvalue weighted by Crippen LogP contribution is 2.34. The van der Waals surface area contributed by atoms with E-state index in [2.05, 4.69) is 45.5 Å². The van der Waals surface area contributed by atoms with Crippen LogP contribution in [0.5, 0.6) is 0 Å². The molecule has 0 amide bonds. The van der Waals surface area contributed by atoms with Crippen LogP contribution >= 0.6 is 11.6 Å². The van der Waals surface area contributed by atoms with Crippen LogP contribution in [0.2, 0.25) is 5.02 Å². The van der Waals surface area contributed by atoms with Crippen molar-refractivity contribution in [2.75, 3.05) is 42.9 Å². The Morgan fingerprint density at radius 1 is 1.00 bits per heavy atom. The molecule has 184 valence electrons. The van der Waals surface area contributed by atoms with Crippen molar-refractivity contribution in [1.82, 2.24) is 9.88 Å². The average Bonchev–Trinajstić information content (AvgIpc) is 2.89. The average molecular weight is 505 g/mol. The second-order valence-electron chi connectivity index (χ2n) is 8.86. The van der Waals surface area contributed by atoms with E-state index >= 15 is 0 Å². The van der Waals surface area contributed by atoms with Crippen molar-refractivity contribution < 1.29 is 14.3 Å². The lowest BCUT2D eigenvalue weighted by Gasteiger charge is -2.35. The number of aromatic nitrogens is 1. The highest BCUT2D eigenvalue weighted by Gasteiger charge is 2.19. The Bertz CT molecular complexity index is 1390. The molecule has 8 heteroatoms. The zero-order chi connectivity index (χ0) is 25.1. The van der Waals surface area contributed by atoms with Gasteiger partial charge in [0.25, 0.3) is 0 Å². The molecule has 1 fully saturated rings. The van der Waals surface area contributed by atoms with Gasteiger partial charge in [0.15, 0.2) is 0 Å². The number of hydrogen-bond acceptors (Lipinski definition) is 5. The van der Waals surface area contributed by atoms with Crippen LogP contribution < -0.4 is 10.2 Å². The topological polar surface area (TPSA) is 68.7 Å². The van der Waals surface area contributed by atoms with E-state index in [-0.39, 0.29) is 12.4 Å². The van der Waals surface area contributed by atoms with E-state index in [4.69, 9.17) is 16.7 Å². The number of nitrogens with one attached hydrogen (secondary N) is 1. The second kappa shape index (κ2) is 10.5. The zero-order valence-corrected chi connectivity index (χ0v) is 20.4. The maximum atomic E-state index is 14.1. The summed E-state index contributed by atoms with van der Waals surface area (Å²) >= 11 is 6.49. The first-order valence-electron chi connectivity index (χ1n) is 11.8. The molecular formula is C28H26ClFN4O2. The third-order valence-electron chi connectivity index (χ3n) is 6.53. The van der Waals surface area contributed by atoms with Gasteiger partial charge >= 0.3 is 5.97 Å². The van der Waals surface area contributed by atoms with Crippen molar-refractivity contribution in [3.8, 4) is 11.1 Å². The summed E-state index contributed by atoms with van der Waals surface area (Å²) in [6, 6.07) is 21.1. The summed E-state index contributed by atoms with van der Waals surface area (Å²) in [6.45, 7) is 3.45. The maximum absolute atomic E-state index is 14.1. The second-order valence-corrected chi connectivity index (χ2v) is 9.27. The van der Waals surface area contributed by atoms with E-state index in [1.54, 1.807) is 18.3 Å². The molecular weight excluding hydrogens is 479 g/mol. The molecule has 6 nitrogen and oxygen atoms in total. The highest BCUT2D eigenvalue weighted by atomic mass is 35.5. The number of carboxylic acids is 1. The number of carboxylic acid groups (broad SMARTS) is 1. The van der Waals surface area contributed by atoms with Gasteiger partial charge in [-0.3, -0.25) is 14.7 Å². The molecule has 0 atom stereocenters. The molecule has 0 saturated carbocycles. The van der Waals surface area contributed by atoms with Gasteiger partial charge in [0, 0.05) is 55.6 Å². The van der Waals surface area contributed by atoms with Crippen molar-refractivity contribution in [2.45, 2.75) is 6.54 Å². The van der Waals surface area contributed by atoms with Gasteiger partial charge in [-0.1, -0.05) is 48.0 Å². The number of hydrogen-bond donors (Lipinski definition) is 2. The molecule has 0 unspecified atom stereocenters. The minimum Gasteiger partial charge on any atom is -0.480 e. The van der Waals surface area contributed by atoms with Crippen LogP contribution in [0.15, 0.2) is 72.9 Å². The first kappa shape index (κ1) is 24.0. The maximum Gasteiger partial charge on any atom is 0.317 e. The van der Waals surface area contributed by atoms with Gasteiger partial charge in [-0.15, -0.1) is 0 Å². The Kier molecular flexibility index (Phi) is 7.02. The summed E-state index contributed by atoms with van der Waals surface area (Å²) in [6.07, 6.45) is 1.61. The number of pyridine rings is 1. The third kappa shape index (κ3) is 5.27. The molecule has 2 N–H and O–H groups in total. The Morgan fingerprint density at radius 3 is 2.44 bits per heavy atom. The fourth-order valence-corrected chi connectivity index (χ4v) is 4.79. The number of benzene rings is 3. The number of piperazine rings is 1. The largest absolute Gasteiger partial charge is 0.480 e. The van der Waals surface area contributed by atoms with Crippen LogP contribution in [0.4, 0.5) is 15.8 Å². The Morgan fingerprint density at radius 2 is 1.72 bits per heavy atom. The quantitative estimate of drug-likeness (QED) is 0.346. The van der Waals surface area contributed by atoms with Gasteiger partial charge in [-0.05, 0) is 41.5 Å². The summed E-state index contributed by atoms with van der Waals surface area (Å²) in [4.78, 5) is 19.6. The Balaban J connectivity index is 1.35. The molecule has 2 heterocycles. The van der Waals surface area contributed by atoms with E-state index in [0.29, 0.717) is 17.1 Å². The number of nitrogens with zero attached hydrogens (tertiary/aromatic N) is 3. The van der Waals surface area contributed by atoms with E-state index in [1.807, 2.05) is 23.1 Å². The fourth-order valence-electron chi connectivity index (χ4n) is 4.57. The number of rotatable bonds is 7. The van der Waals surface area contributed by atoms with Crippen molar-refractivity contribution >= 4 is 39.8 Å². The molecule has 36 heavy (non-hydrogen) atoms. The first-order chi connectivity index (χ1) is 17.5. The van der Waals surface area contributed by atoms with Gasteiger partial charge in [0.1, 0.15) is 5.82 Å². The van der Waals surface area contributed by atoms with Crippen LogP contribution in [0.25, 0.3) is 22.0 Å². The molecule has 4 aromatic rings. The van der Waals surface area contributed by atoms with Crippen LogP contribution in [-0.4, -0.2) is 53.7 Å². The lowest BCUT2D eigenvalue weighted by molar-refractivity contribution is -0.138. The Hall–Kier alpha value is -3.68. The summed E-state index contributed by atoms with van der Waals surface area (Å²) in [5, 5.41) is 13.6. The van der Waals surface area contributed by atoms with Crippen LogP contribution in [-0.2, 0) is 11.3 Å². The molecule has 1 aliphatic rings. The van der Waals surface area contributed by atoms with Gasteiger partial charge in [0.2, 0.25) is 0 Å². The van der Waals surface area contributed by atoms with Gasteiger partial charge < -0.3 is 15.3 Å². The summed E-state index contributed by atoms with van der Waals surface area (Å²) < 4.78 is 14.1. The highest BCUT2D eigenvalue weighted by molar-refractivity contribution is 6.34. The van der Waals surface area contributed by atoms with Crippen molar-refractivity contribution in [3.05, 3.63) is 89.3 Å². The molecule has 5 rings (SSSR count). The van der Waals surface area contributed by atoms with E-state index in [0.717, 1.165) is 59.6 Å². The Labute approximate surface area is 213 Å².